The Kier molecular flexibility index (Phi) is 4.77. The Morgan fingerprint density at radius 2 is 2.25 bits per heavy atom. The van der Waals surface area contributed by atoms with Crippen molar-refractivity contribution in [1.82, 2.24) is 9.55 Å². The molecular formula is C14H17BrFN3O. The van der Waals surface area contributed by atoms with Gasteiger partial charge < -0.3 is 14.6 Å². The molecule has 4 nitrogen and oxygen atoms in total. The molecule has 0 aliphatic heterocycles. The first-order valence-electron chi connectivity index (χ1n) is 6.27. The lowest BCUT2D eigenvalue weighted by Crippen LogP contribution is -2.13. The second-order valence-electron chi connectivity index (χ2n) is 4.67. The predicted octanol–water partition coefficient (Wildman–Crippen LogP) is 4.04. The lowest BCUT2D eigenvalue weighted by atomic mass is 10.3. The van der Waals surface area contributed by atoms with E-state index in [1.54, 1.807) is 19.2 Å². The van der Waals surface area contributed by atoms with E-state index in [0.29, 0.717) is 22.7 Å². The summed E-state index contributed by atoms with van der Waals surface area (Å²) in [5.74, 6) is 0.277. The Labute approximate surface area is 126 Å². The van der Waals surface area contributed by atoms with Gasteiger partial charge in [0.1, 0.15) is 5.82 Å². The molecule has 20 heavy (non-hydrogen) atoms. The molecule has 1 aromatic carbocycles. The topological polar surface area (TPSA) is 39.1 Å². The average Bonchev–Trinajstić information content (AvgIpc) is 2.74. The monoisotopic (exact) mass is 341 g/mol. The third-order valence-corrected chi connectivity index (χ3v) is 3.41. The molecule has 0 fully saturated rings. The highest BCUT2D eigenvalue weighted by Gasteiger charge is 2.13. The molecule has 6 heteroatoms. The van der Waals surface area contributed by atoms with Crippen LogP contribution in [0.15, 0.2) is 28.9 Å². The molecule has 0 spiro atoms. The van der Waals surface area contributed by atoms with E-state index in [0.717, 1.165) is 5.69 Å². The van der Waals surface area contributed by atoms with Crippen LogP contribution in [0.3, 0.4) is 0 Å². The van der Waals surface area contributed by atoms with Crippen LogP contribution in [-0.4, -0.2) is 23.3 Å². The Morgan fingerprint density at radius 3 is 2.90 bits per heavy atom. The quantitative estimate of drug-likeness (QED) is 0.891. The minimum Gasteiger partial charge on any atom is -0.383 e. The lowest BCUT2D eigenvalue weighted by molar-refractivity contribution is 0.163. The Balaban J connectivity index is 2.29. The Hall–Kier alpha value is -1.40. The van der Waals surface area contributed by atoms with Crippen LogP contribution in [0.4, 0.5) is 16.0 Å². The van der Waals surface area contributed by atoms with Gasteiger partial charge in [0.25, 0.3) is 0 Å². The SMILES string of the molecule is COCC(C)n1cc(C)nc1Nc1ccc(Br)cc1F. The van der Waals surface area contributed by atoms with Crippen LogP contribution >= 0.6 is 15.9 Å². The molecule has 0 amide bonds. The average molecular weight is 342 g/mol. The minimum atomic E-state index is -0.328. The third-order valence-electron chi connectivity index (χ3n) is 2.91. The summed E-state index contributed by atoms with van der Waals surface area (Å²) in [6.07, 6.45) is 1.92. The number of rotatable bonds is 5. The van der Waals surface area contributed by atoms with Gasteiger partial charge >= 0.3 is 0 Å². The molecule has 0 aliphatic rings. The lowest BCUT2D eigenvalue weighted by Gasteiger charge is -2.16. The van der Waals surface area contributed by atoms with E-state index in [-0.39, 0.29) is 11.9 Å². The van der Waals surface area contributed by atoms with Crippen LogP contribution in [0.2, 0.25) is 0 Å². The predicted molar refractivity (Wildman–Crippen MR) is 80.9 cm³/mol. The third kappa shape index (κ3) is 3.37. The largest absolute Gasteiger partial charge is 0.383 e. The summed E-state index contributed by atoms with van der Waals surface area (Å²) >= 11 is 3.24. The van der Waals surface area contributed by atoms with Gasteiger partial charge in [-0.2, -0.15) is 0 Å². The maximum absolute atomic E-state index is 13.9. The number of ether oxygens (including phenoxy) is 1. The van der Waals surface area contributed by atoms with Gasteiger partial charge in [0, 0.05) is 17.8 Å². The number of imidazole rings is 1. The molecule has 0 radical (unpaired) electrons. The molecular weight excluding hydrogens is 325 g/mol. The number of methoxy groups -OCH3 is 1. The summed E-state index contributed by atoms with van der Waals surface area (Å²) < 4.78 is 21.7. The van der Waals surface area contributed by atoms with Crippen molar-refractivity contribution >= 4 is 27.6 Å². The zero-order chi connectivity index (χ0) is 14.7. The van der Waals surface area contributed by atoms with Crippen molar-refractivity contribution in [3.8, 4) is 0 Å². The van der Waals surface area contributed by atoms with E-state index in [1.165, 1.54) is 6.07 Å². The molecule has 1 N–H and O–H groups in total. The number of hydrogen-bond donors (Lipinski definition) is 1. The molecule has 0 aliphatic carbocycles. The molecule has 0 saturated carbocycles. The molecule has 1 atom stereocenters. The van der Waals surface area contributed by atoms with Crippen LogP contribution in [0.5, 0.6) is 0 Å². The summed E-state index contributed by atoms with van der Waals surface area (Å²) in [4.78, 5) is 4.39. The molecule has 108 valence electrons. The van der Waals surface area contributed by atoms with Crippen molar-refractivity contribution in [3.05, 3.63) is 40.4 Å². The zero-order valence-electron chi connectivity index (χ0n) is 11.7. The number of aromatic nitrogens is 2. The van der Waals surface area contributed by atoms with Crippen molar-refractivity contribution < 1.29 is 9.13 Å². The van der Waals surface area contributed by atoms with Crippen LogP contribution in [0.1, 0.15) is 18.7 Å². The Morgan fingerprint density at radius 1 is 1.50 bits per heavy atom. The van der Waals surface area contributed by atoms with Crippen molar-refractivity contribution in [2.45, 2.75) is 19.9 Å². The van der Waals surface area contributed by atoms with Crippen molar-refractivity contribution in [2.75, 3.05) is 19.0 Å². The fourth-order valence-corrected chi connectivity index (χ4v) is 2.31. The van der Waals surface area contributed by atoms with Crippen LogP contribution in [-0.2, 0) is 4.74 Å². The standard InChI is InChI=1S/C14H17BrFN3O/c1-9-7-19(10(2)8-20-3)14(17-9)18-13-5-4-11(15)6-12(13)16/h4-7,10H,8H2,1-3H3,(H,17,18). The fraction of sp³-hybridized carbons (Fsp3) is 0.357. The Bertz CT molecular complexity index is 600. The van der Waals surface area contributed by atoms with E-state index in [9.17, 15) is 4.39 Å². The van der Waals surface area contributed by atoms with Crippen LogP contribution < -0.4 is 5.32 Å². The molecule has 2 aromatic rings. The summed E-state index contributed by atoms with van der Waals surface area (Å²) in [6, 6.07) is 4.99. The maximum Gasteiger partial charge on any atom is 0.207 e. The molecule has 1 unspecified atom stereocenters. The molecule has 0 saturated heterocycles. The first kappa shape index (κ1) is 15.0. The van der Waals surface area contributed by atoms with Crippen molar-refractivity contribution in [1.29, 1.82) is 0 Å². The van der Waals surface area contributed by atoms with Gasteiger partial charge in [-0.15, -0.1) is 0 Å². The van der Waals surface area contributed by atoms with Crippen LogP contribution in [0.25, 0.3) is 0 Å². The first-order chi connectivity index (χ1) is 9.51. The maximum atomic E-state index is 13.9. The molecule has 0 bridgehead atoms. The fourth-order valence-electron chi connectivity index (χ4n) is 1.98. The van der Waals surface area contributed by atoms with E-state index in [1.807, 2.05) is 24.6 Å². The second-order valence-corrected chi connectivity index (χ2v) is 5.58. The van der Waals surface area contributed by atoms with Crippen LogP contribution in [0, 0.1) is 12.7 Å². The number of nitrogens with zero attached hydrogens (tertiary/aromatic N) is 2. The number of nitrogens with one attached hydrogen (secondary N) is 1. The van der Waals surface area contributed by atoms with Gasteiger partial charge in [-0.25, -0.2) is 9.37 Å². The minimum absolute atomic E-state index is 0.113. The summed E-state index contributed by atoms with van der Waals surface area (Å²) in [5.41, 5.74) is 1.26. The summed E-state index contributed by atoms with van der Waals surface area (Å²) in [6.45, 7) is 4.49. The highest BCUT2D eigenvalue weighted by atomic mass is 79.9. The molecule has 2 rings (SSSR count). The van der Waals surface area contributed by atoms with E-state index < -0.39 is 0 Å². The van der Waals surface area contributed by atoms with Crippen molar-refractivity contribution in [3.63, 3.8) is 0 Å². The normalized spacial score (nSPS) is 12.4. The smallest absolute Gasteiger partial charge is 0.207 e. The number of hydrogen-bond acceptors (Lipinski definition) is 3. The first-order valence-corrected chi connectivity index (χ1v) is 7.07. The molecule has 1 heterocycles. The van der Waals surface area contributed by atoms with Gasteiger partial charge in [0.05, 0.1) is 24.0 Å². The van der Waals surface area contributed by atoms with Gasteiger partial charge in [0.15, 0.2) is 0 Å². The summed E-state index contributed by atoms with van der Waals surface area (Å²) in [5, 5.41) is 3.03. The van der Waals surface area contributed by atoms with E-state index >= 15 is 0 Å². The number of aryl methyl sites for hydroxylation is 1. The molecule has 1 aromatic heterocycles. The number of anilines is 2. The summed E-state index contributed by atoms with van der Waals surface area (Å²) in [7, 11) is 1.65. The second kappa shape index (κ2) is 6.37. The number of halogens is 2. The zero-order valence-corrected chi connectivity index (χ0v) is 13.2. The number of benzene rings is 1. The highest BCUT2D eigenvalue weighted by molar-refractivity contribution is 9.10. The van der Waals surface area contributed by atoms with Gasteiger partial charge in [-0.3, -0.25) is 0 Å². The van der Waals surface area contributed by atoms with Gasteiger partial charge in [-0.1, -0.05) is 15.9 Å². The van der Waals surface area contributed by atoms with E-state index in [4.69, 9.17) is 4.74 Å². The van der Waals surface area contributed by atoms with Gasteiger partial charge in [-0.05, 0) is 32.0 Å². The van der Waals surface area contributed by atoms with Crippen molar-refractivity contribution in [2.24, 2.45) is 0 Å². The highest BCUT2D eigenvalue weighted by Crippen LogP contribution is 2.24. The van der Waals surface area contributed by atoms with E-state index in [2.05, 4.69) is 26.2 Å². The van der Waals surface area contributed by atoms with Gasteiger partial charge in [0.2, 0.25) is 5.95 Å².